The van der Waals surface area contributed by atoms with E-state index in [4.69, 9.17) is 10.5 Å². The van der Waals surface area contributed by atoms with Gasteiger partial charge in [0.2, 0.25) is 0 Å². The van der Waals surface area contributed by atoms with Crippen molar-refractivity contribution in [3.63, 3.8) is 0 Å². The predicted molar refractivity (Wildman–Crippen MR) is 86.6 cm³/mol. The molecule has 0 aromatic heterocycles. The van der Waals surface area contributed by atoms with Crippen molar-refractivity contribution in [2.24, 2.45) is 11.7 Å². The molecule has 0 radical (unpaired) electrons. The fraction of sp³-hybridized carbons (Fsp3) is 0.538. The van der Waals surface area contributed by atoms with Gasteiger partial charge in [0, 0.05) is 23.6 Å². The molecule has 1 fully saturated rings. The van der Waals surface area contributed by atoms with Gasteiger partial charge in [-0.2, -0.15) is 12.7 Å². The van der Waals surface area contributed by atoms with Crippen LogP contribution in [0.15, 0.2) is 22.7 Å². The third kappa shape index (κ3) is 4.32. The van der Waals surface area contributed by atoms with Crippen LogP contribution in [0.3, 0.4) is 0 Å². The van der Waals surface area contributed by atoms with Crippen molar-refractivity contribution in [3.05, 3.63) is 22.7 Å². The maximum Gasteiger partial charge on any atom is 0.301 e. The quantitative estimate of drug-likeness (QED) is 0.818. The van der Waals surface area contributed by atoms with E-state index in [9.17, 15) is 8.42 Å². The average molecular weight is 378 g/mol. The number of nitrogens with zero attached hydrogens (tertiary/aromatic N) is 1. The molecule has 2 rings (SSSR count). The molecule has 1 heterocycles. The van der Waals surface area contributed by atoms with E-state index in [-0.39, 0.29) is 0 Å². The molecule has 21 heavy (non-hydrogen) atoms. The van der Waals surface area contributed by atoms with Crippen molar-refractivity contribution >= 4 is 31.8 Å². The SMILES string of the molecule is COc1cc(Br)cc(NS(=O)(=O)N2CCC(CN)CC2)c1. The molecule has 8 heteroatoms. The Morgan fingerprint density at radius 1 is 1.38 bits per heavy atom. The Balaban J connectivity index is 2.09. The van der Waals surface area contributed by atoms with Crippen LogP contribution >= 0.6 is 15.9 Å². The second-order valence-electron chi connectivity index (χ2n) is 5.06. The number of nitrogens with one attached hydrogen (secondary N) is 1. The van der Waals surface area contributed by atoms with Crippen molar-refractivity contribution in [2.75, 3.05) is 31.5 Å². The molecule has 1 saturated heterocycles. The summed E-state index contributed by atoms with van der Waals surface area (Å²) in [5.41, 5.74) is 6.10. The summed E-state index contributed by atoms with van der Waals surface area (Å²) >= 11 is 3.33. The van der Waals surface area contributed by atoms with E-state index < -0.39 is 10.2 Å². The first-order valence-electron chi connectivity index (χ1n) is 6.77. The largest absolute Gasteiger partial charge is 0.497 e. The zero-order chi connectivity index (χ0) is 15.5. The van der Waals surface area contributed by atoms with Gasteiger partial charge in [0.25, 0.3) is 0 Å². The van der Waals surface area contributed by atoms with Gasteiger partial charge in [0.15, 0.2) is 0 Å². The molecule has 1 aromatic carbocycles. The Bertz CT molecular complexity index is 586. The number of halogens is 1. The minimum Gasteiger partial charge on any atom is -0.497 e. The van der Waals surface area contributed by atoms with Gasteiger partial charge in [-0.1, -0.05) is 15.9 Å². The van der Waals surface area contributed by atoms with E-state index in [1.807, 2.05) is 0 Å². The van der Waals surface area contributed by atoms with Gasteiger partial charge >= 0.3 is 10.2 Å². The second kappa shape index (κ2) is 6.95. The minimum atomic E-state index is -3.54. The Morgan fingerprint density at radius 2 is 2.05 bits per heavy atom. The van der Waals surface area contributed by atoms with Crippen molar-refractivity contribution < 1.29 is 13.2 Å². The molecule has 0 aliphatic carbocycles. The Morgan fingerprint density at radius 3 is 2.62 bits per heavy atom. The Hall–Kier alpha value is -0.830. The molecular formula is C13H20BrN3O3S. The standard InChI is InChI=1S/C13H20BrN3O3S/c1-20-13-7-11(14)6-12(8-13)16-21(18,19)17-4-2-10(9-15)3-5-17/h6-8,10,16H,2-5,9,15H2,1H3. The molecule has 0 unspecified atom stereocenters. The highest BCUT2D eigenvalue weighted by Crippen LogP contribution is 2.26. The normalized spacial score (nSPS) is 17.7. The smallest absolute Gasteiger partial charge is 0.301 e. The number of hydrogen-bond acceptors (Lipinski definition) is 4. The number of piperidine rings is 1. The van der Waals surface area contributed by atoms with Crippen LogP contribution in [-0.4, -0.2) is 39.5 Å². The van der Waals surface area contributed by atoms with Crippen LogP contribution in [0.4, 0.5) is 5.69 Å². The summed E-state index contributed by atoms with van der Waals surface area (Å²) in [6.45, 7) is 1.62. The molecule has 0 bridgehead atoms. The number of benzene rings is 1. The molecule has 0 spiro atoms. The monoisotopic (exact) mass is 377 g/mol. The van der Waals surface area contributed by atoms with E-state index in [2.05, 4.69) is 20.7 Å². The van der Waals surface area contributed by atoms with Gasteiger partial charge < -0.3 is 10.5 Å². The van der Waals surface area contributed by atoms with Crippen molar-refractivity contribution in [1.82, 2.24) is 4.31 Å². The van der Waals surface area contributed by atoms with Crippen LogP contribution in [-0.2, 0) is 10.2 Å². The average Bonchev–Trinajstić information content (AvgIpc) is 2.46. The minimum absolute atomic E-state index is 0.419. The van der Waals surface area contributed by atoms with E-state index in [0.29, 0.717) is 37.0 Å². The fourth-order valence-electron chi connectivity index (χ4n) is 2.34. The number of methoxy groups -OCH3 is 1. The van der Waals surface area contributed by atoms with Crippen LogP contribution in [0, 0.1) is 5.92 Å². The third-order valence-corrected chi connectivity index (χ3v) is 5.60. The Labute approximate surface area is 134 Å². The first-order chi connectivity index (χ1) is 9.94. The molecule has 0 saturated carbocycles. The van der Waals surface area contributed by atoms with Crippen molar-refractivity contribution in [2.45, 2.75) is 12.8 Å². The number of nitrogens with two attached hydrogens (primary N) is 1. The zero-order valence-electron chi connectivity index (χ0n) is 11.9. The maximum absolute atomic E-state index is 12.4. The molecule has 0 atom stereocenters. The predicted octanol–water partition coefficient (Wildman–Crippen LogP) is 1.79. The van der Waals surface area contributed by atoms with Gasteiger partial charge in [-0.15, -0.1) is 0 Å². The highest BCUT2D eigenvalue weighted by atomic mass is 79.9. The summed E-state index contributed by atoms with van der Waals surface area (Å²) in [7, 11) is -2.00. The van der Waals surface area contributed by atoms with Crippen molar-refractivity contribution in [1.29, 1.82) is 0 Å². The molecule has 1 aliphatic rings. The Kier molecular flexibility index (Phi) is 5.48. The number of hydrogen-bond donors (Lipinski definition) is 2. The van der Waals surface area contributed by atoms with E-state index >= 15 is 0 Å². The summed E-state index contributed by atoms with van der Waals surface area (Å²) in [4.78, 5) is 0. The fourth-order valence-corrected chi connectivity index (χ4v) is 4.05. The van der Waals surface area contributed by atoms with Crippen LogP contribution < -0.4 is 15.2 Å². The highest BCUT2D eigenvalue weighted by molar-refractivity contribution is 9.10. The molecular weight excluding hydrogens is 358 g/mol. The van der Waals surface area contributed by atoms with Gasteiger partial charge in [0.1, 0.15) is 5.75 Å². The van der Waals surface area contributed by atoms with Gasteiger partial charge in [-0.3, -0.25) is 4.72 Å². The van der Waals surface area contributed by atoms with E-state index in [0.717, 1.165) is 17.3 Å². The molecule has 1 aromatic rings. The van der Waals surface area contributed by atoms with Gasteiger partial charge in [0.05, 0.1) is 12.8 Å². The first kappa shape index (κ1) is 16.5. The van der Waals surface area contributed by atoms with Crippen LogP contribution in [0.5, 0.6) is 5.75 Å². The molecule has 3 N–H and O–H groups in total. The number of anilines is 1. The maximum atomic E-state index is 12.4. The number of ether oxygens (including phenoxy) is 1. The summed E-state index contributed by atoms with van der Waals surface area (Å²) in [5.74, 6) is 1.01. The lowest BCUT2D eigenvalue weighted by Gasteiger charge is -2.30. The highest BCUT2D eigenvalue weighted by Gasteiger charge is 2.27. The lowest BCUT2D eigenvalue weighted by atomic mass is 9.99. The van der Waals surface area contributed by atoms with Crippen LogP contribution in [0.2, 0.25) is 0 Å². The summed E-state index contributed by atoms with van der Waals surface area (Å²) in [6, 6.07) is 5.12. The first-order valence-corrected chi connectivity index (χ1v) is 9.00. The summed E-state index contributed by atoms with van der Waals surface area (Å²) in [6.07, 6.45) is 1.61. The second-order valence-corrected chi connectivity index (χ2v) is 7.65. The molecule has 6 nitrogen and oxygen atoms in total. The van der Waals surface area contributed by atoms with Crippen LogP contribution in [0.1, 0.15) is 12.8 Å². The van der Waals surface area contributed by atoms with Crippen molar-refractivity contribution in [3.8, 4) is 5.75 Å². The molecule has 118 valence electrons. The lowest BCUT2D eigenvalue weighted by Crippen LogP contribution is -2.42. The third-order valence-electron chi connectivity index (χ3n) is 3.60. The van der Waals surface area contributed by atoms with E-state index in [1.54, 1.807) is 18.2 Å². The van der Waals surface area contributed by atoms with Crippen LogP contribution in [0.25, 0.3) is 0 Å². The lowest BCUT2D eigenvalue weighted by molar-refractivity contribution is 0.280. The van der Waals surface area contributed by atoms with Gasteiger partial charge in [-0.25, -0.2) is 0 Å². The molecule has 0 amide bonds. The van der Waals surface area contributed by atoms with E-state index in [1.165, 1.54) is 11.4 Å². The summed E-state index contributed by atoms with van der Waals surface area (Å²) in [5, 5.41) is 0. The molecule has 1 aliphatic heterocycles. The summed E-state index contributed by atoms with van der Waals surface area (Å²) < 4.78 is 34.7. The topological polar surface area (TPSA) is 84.7 Å². The van der Waals surface area contributed by atoms with Gasteiger partial charge in [-0.05, 0) is 37.4 Å². The number of rotatable bonds is 5. The zero-order valence-corrected chi connectivity index (χ0v) is 14.3.